The Morgan fingerprint density at radius 2 is 2.21 bits per heavy atom. The van der Waals surface area contributed by atoms with Gasteiger partial charge in [0.25, 0.3) is 5.56 Å². The van der Waals surface area contributed by atoms with Crippen molar-refractivity contribution in [1.82, 2.24) is 9.78 Å². The number of aromatic nitrogens is 2. The van der Waals surface area contributed by atoms with Crippen LogP contribution >= 0.6 is 11.6 Å². The lowest BCUT2D eigenvalue weighted by atomic mass is 10.2. The molecule has 0 bridgehead atoms. The lowest BCUT2D eigenvalue weighted by Gasteiger charge is -2.07. The monoisotopic (exact) mass is 277 g/mol. The maximum absolute atomic E-state index is 11.9. The van der Waals surface area contributed by atoms with Crippen molar-refractivity contribution in [3.63, 3.8) is 0 Å². The molecule has 19 heavy (non-hydrogen) atoms. The van der Waals surface area contributed by atoms with Crippen molar-refractivity contribution in [2.75, 3.05) is 11.9 Å². The molecule has 2 aromatic rings. The molecule has 0 amide bonds. The van der Waals surface area contributed by atoms with Crippen LogP contribution in [-0.4, -0.2) is 16.3 Å². The molecular formula is C14H16ClN3O. The summed E-state index contributed by atoms with van der Waals surface area (Å²) in [6.07, 6.45) is 2.67. The number of halogens is 1. The summed E-state index contributed by atoms with van der Waals surface area (Å²) in [6, 6.07) is 8.98. The van der Waals surface area contributed by atoms with Crippen LogP contribution in [0.5, 0.6) is 0 Å². The Labute approximate surface area is 117 Å². The fourth-order valence-corrected chi connectivity index (χ4v) is 1.94. The molecular weight excluding hydrogens is 262 g/mol. The second-order valence-corrected chi connectivity index (χ2v) is 4.73. The van der Waals surface area contributed by atoms with Gasteiger partial charge < -0.3 is 5.32 Å². The van der Waals surface area contributed by atoms with Gasteiger partial charge in [0.15, 0.2) is 0 Å². The van der Waals surface area contributed by atoms with E-state index in [-0.39, 0.29) is 5.56 Å². The van der Waals surface area contributed by atoms with Crippen LogP contribution < -0.4 is 10.9 Å². The topological polar surface area (TPSA) is 46.9 Å². The van der Waals surface area contributed by atoms with E-state index in [9.17, 15) is 4.79 Å². The number of benzene rings is 1. The molecule has 0 aliphatic carbocycles. The SMILES string of the molecule is CCCNc1cnn(Cc2cccc(Cl)c2)c(=O)c1. The molecule has 100 valence electrons. The first-order valence-electron chi connectivity index (χ1n) is 6.24. The highest BCUT2D eigenvalue weighted by molar-refractivity contribution is 6.30. The first-order chi connectivity index (χ1) is 9.19. The normalized spacial score (nSPS) is 10.4. The van der Waals surface area contributed by atoms with Gasteiger partial charge in [-0.2, -0.15) is 5.10 Å². The van der Waals surface area contributed by atoms with E-state index < -0.39 is 0 Å². The van der Waals surface area contributed by atoms with Crippen LogP contribution in [0.3, 0.4) is 0 Å². The summed E-state index contributed by atoms with van der Waals surface area (Å²) in [5, 5.41) is 7.95. The predicted octanol–water partition coefficient (Wildman–Crippen LogP) is 2.77. The Kier molecular flexibility index (Phi) is 4.58. The molecule has 1 aromatic carbocycles. The first-order valence-corrected chi connectivity index (χ1v) is 6.62. The average Bonchev–Trinajstić information content (AvgIpc) is 2.39. The van der Waals surface area contributed by atoms with E-state index in [2.05, 4.69) is 17.3 Å². The van der Waals surface area contributed by atoms with Gasteiger partial charge in [0.05, 0.1) is 18.4 Å². The first kappa shape index (κ1) is 13.6. The number of hydrogen-bond donors (Lipinski definition) is 1. The van der Waals surface area contributed by atoms with Gasteiger partial charge in [-0.1, -0.05) is 30.7 Å². The Balaban J connectivity index is 2.15. The maximum Gasteiger partial charge on any atom is 0.269 e. The van der Waals surface area contributed by atoms with E-state index in [0.717, 1.165) is 24.2 Å². The molecule has 0 fully saturated rings. The van der Waals surface area contributed by atoms with Gasteiger partial charge in [0, 0.05) is 17.6 Å². The molecule has 0 atom stereocenters. The third-order valence-corrected chi connectivity index (χ3v) is 2.91. The van der Waals surface area contributed by atoms with Crippen LogP contribution in [0.2, 0.25) is 5.02 Å². The number of anilines is 1. The van der Waals surface area contributed by atoms with Crippen LogP contribution in [0.4, 0.5) is 5.69 Å². The van der Waals surface area contributed by atoms with Crippen molar-refractivity contribution in [2.45, 2.75) is 19.9 Å². The van der Waals surface area contributed by atoms with Gasteiger partial charge in [-0.15, -0.1) is 0 Å². The molecule has 1 heterocycles. The summed E-state index contributed by atoms with van der Waals surface area (Å²) >= 11 is 5.92. The van der Waals surface area contributed by atoms with Gasteiger partial charge in [-0.25, -0.2) is 4.68 Å². The van der Waals surface area contributed by atoms with Crippen molar-refractivity contribution in [3.8, 4) is 0 Å². The van der Waals surface area contributed by atoms with E-state index in [0.29, 0.717) is 11.6 Å². The van der Waals surface area contributed by atoms with Crippen LogP contribution in [0.15, 0.2) is 41.3 Å². The molecule has 4 nitrogen and oxygen atoms in total. The zero-order valence-electron chi connectivity index (χ0n) is 10.8. The van der Waals surface area contributed by atoms with Crippen molar-refractivity contribution >= 4 is 17.3 Å². The van der Waals surface area contributed by atoms with E-state index in [4.69, 9.17) is 11.6 Å². The zero-order valence-corrected chi connectivity index (χ0v) is 11.5. The predicted molar refractivity (Wildman–Crippen MR) is 77.8 cm³/mol. The molecule has 5 heteroatoms. The van der Waals surface area contributed by atoms with Crippen LogP contribution in [-0.2, 0) is 6.54 Å². The molecule has 0 aliphatic heterocycles. The largest absolute Gasteiger partial charge is 0.384 e. The summed E-state index contributed by atoms with van der Waals surface area (Å²) < 4.78 is 1.42. The van der Waals surface area contributed by atoms with Crippen molar-refractivity contribution in [1.29, 1.82) is 0 Å². The Morgan fingerprint density at radius 3 is 2.89 bits per heavy atom. The Bertz CT molecular complexity index is 610. The van der Waals surface area contributed by atoms with E-state index >= 15 is 0 Å². The van der Waals surface area contributed by atoms with E-state index in [1.807, 2.05) is 18.2 Å². The highest BCUT2D eigenvalue weighted by Gasteiger charge is 2.01. The Hall–Kier alpha value is -1.81. The molecule has 2 rings (SSSR count). The molecule has 1 N–H and O–H groups in total. The Morgan fingerprint density at radius 1 is 1.37 bits per heavy atom. The quantitative estimate of drug-likeness (QED) is 0.914. The molecule has 0 unspecified atom stereocenters. The number of rotatable bonds is 5. The lowest BCUT2D eigenvalue weighted by Crippen LogP contribution is -2.23. The standard InChI is InChI=1S/C14H16ClN3O/c1-2-6-16-13-8-14(19)18(17-9-13)10-11-4-3-5-12(15)7-11/h3-5,7-9,16H,2,6,10H2,1H3. The molecule has 1 aromatic heterocycles. The zero-order chi connectivity index (χ0) is 13.7. The number of nitrogens with one attached hydrogen (secondary N) is 1. The van der Waals surface area contributed by atoms with Gasteiger partial charge >= 0.3 is 0 Å². The van der Waals surface area contributed by atoms with Gasteiger partial charge in [0.2, 0.25) is 0 Å². The fourth-order valence-electron chi connectivity index (χ4n) is 1.73. The van der Waals surface area contributed by atoms with Crippen LogP contribution in [0.25, 0.3) is 0 Å². The lowest BCUT2D eigenvalue weighted by molar-refractivity contribution is 0.639. The maximum atomic E-state index is 11.9. The van der Waals surface area contributed by atoms with Gasteiger partial charge in [-0.05, 0) is 24.1 Å². The second kappa shape index (κ2) is 6.38. The summed E-state index contributed by atoms with van der Waals surface area (Å²) in [4.78, 5) is 11.9. The fraction of sp³-hybridized carbons (Fsp3) is 0.286. The number of hydrogen-bond acceptors (Lipinski definition) is 3. The van der Waals surface area contributed by atoms with Gasteiger partial charge in [0.1, 0.15) is 0 Å². The molecule has 0 saturated heterocycles. The van der Waals surface area contributed by atoms with E-state index in [1.54, 1.807) is 18.3 Å². The third kappa shape index (κ3) is 3.83. The molecule has 0 aliphatic rings. The van der Waals surface area contributed by atoms with Crippen LogP contribution in [0.1, 0.15) is 18.9 Å². The highest BCUT2D eigenvalue weighted by atomic mass is 35.5. The minimum Gasteiger partial charge on any atom is -0.384 e. The summed E-state index contributed by atoms with van der Waals surface area (Å²) in [6.45, 7) is 3.33. The van der Waals surface area contributed by atoms with Crippen molar-refractivity contribution < 1.29 is 0 Å². The molecule has 0 saturated carbocycles. The second-order valence-electron chi connectivity index (χ2n) is 4.30. The minimum absolute atomic E-state index is 0.124. The molecule has 0 radical (unpaired) electrons. The summed E-state index contributed by atoms with van der Waals surface area (Å²) in [7, 11) is 0. The van der Waals surface area contributed by atoms with Gasteiger partial charge in [-0.3, -0.25) is 4.79 Å². The smallest absolute Gasteiger partial charge is 0.269 e. The third-order valence-electron chi connectivity index (χ3n) is 2.67. The van der Waals surface area contributed by atoms with E-state index in [1.165, 1.54) is 4.68 Å². The average molecular weight is 278 g/mol. The summed E-state index contributed by atoms with van der Waals surface area (Å²) in [5.74, 6) is 0. The minimum atomic E-state index is -0.124. The van der Waals surface area contributed by atoms with Crippen molar-refractivity contribution in [2.24, 2.45) is 0 Å². The molecule has 0 spiro atoms. The highest BCUT2D eigenvalue weighted by Crippen LogP contribution is 2.11. The van der Waals surface area contributed by atoms with Crippen molar-refractivity contribution in [3.05, 3.63) is 57.5 Å². The summed E-state index contributed by atoms with van der Waals surface area (Å²) in [5.41, 5.74) is 1.59. The number of nitrogens with zero attached hydrogens (tertiary/aromatic N) is 2. The van der Waals surface area contributed by atoms with Crippen LogP contribution in [0, 0.1) is 0 Å².